The monoisotopic (exact) mass is 374 g/mol. The fourth-order valence-electron chi connectivity index (χ4n) is 2.80. The summed E-state index contributed by atoms with van der Waals surface area (Å²) in [5.41, 5.74) is 1.25. The summed E-state index contributed by atoms with van der Waals surface area (Å²) in [6, 6.07) is 14.0. The fourth-order valence-corrected chi connectivity index (χ4v) is 4.34. The van der Waals surface area contributed by atoms with Crippen LogP contribution < -0.4 is 0 Å². The van der Waals surface area contributed by atoms with Gasteiger partial charge < -0.3 is 4.90 Å². The molecule has 1 aromatic heterocycles. The van der Waals surface area contributed by atoms with Gasteiger partial charge in [0.05, 0.1) is 17.2 Å². The number of benzene rings is 1. The lowest BCUT2D eigenvalue weighted by Gasteiger charge is -2.34. The topological polar surface area (TPSA) is 40.6 Å². The second kappa shape index (κ2) is 9.17. The minimum atomic E-state index is 0.174. The van der Waals surface area contributed by atoms with Crippen molar-refractivity contribution in [2.45, 2.75) is 5.75 Å². The van der Waals surface area contributed by atoms with Gasteiger partial charge in [-0.15, -0.1) is 23.1 Å². The number of ketones is 1. The number of hydrogen-bond acceptors (Lipinski definition) is 5. The van der Waals surface area contributed by atoms with Gasteiger partial charge in [-0.3, -0.25) is 14.5 Å². The van der Waals surface area contributed by atoms with E-state index in [4.69, 9.17) is 0 Å². The van der Waals surface area contributed by atoms with Gasteiger partial charge >= 0.3 is 0 Å². The van der Waals surface area contributed by atoms with Crippen molar-refractivity contribution in [1.82, 2.24) is 9.80 Å². The molecule has 1 amide bonds. The Kier molecular flexibility index (Phi) is 6.67. The highest BCUT2D eigenvalue weighted by Crippen LogP contribution is 2.14. The van der Waals surface area contributed by atoms with Crippen LogP contribution in [-0.4, -0.2) is 60.0 Å². The number of amides is 1. The van der Waals surface area contributed by atoms with Crippen LogP contribution in [0, 0.1) is 0 Å². The molecule has 0 radical (unpaired) electrons. The van der Waals surface area contributed by atoms with Crippen molar-refractivity contribution < 1.29 is 9.59 Å². The van der Waals surface area contributed by atoms with Gasteiger partial charge in [0, 0.05) is 31.9 Å². The Morgan fingerprint density at radius 1 is 1.00 bits per heavy atom. The number of thiophene rings is 1. The molecular weight excluding hydrogens is 352 g/mol. The van der Waals surface area contributed by atoms with Crippen molar-refractivity contribution >= 4 is 34.8 Å². The molecule has 1 fully saturated rings. The highest BCUT2D eigenvalue weighted by atomic mass is 32.2. The second-order valence-electron chi connectivity index (χ2n) is 6.04. The number of hydrogen-bond donors (Lipinski definition) is 0. The van der Waals surface area contributed by atoms with Crippen molar-refractivity contribution in [1.29, 1.82) is 0 Å². The Balaban J connectivity index is 1.36. The van der Waals surface area contributed by atoms with Crippen molar-refractivity contribution in [3.8, 4) is 0 Å². The average molecular weight is 375 g/mol. The Labute approximate surface area is 156 Å². The van der Waals surface area contributed by atoms with Gasteiger partial charge in [0.25, 0.3) is 0 Å². The lowest BCUT2D eigenvalue weighted by molar-refractivity contribution is -0.129. The van der Waals surface area contributed by atoms with Gasteiger partial charge in [-0.2, -0.15) is 0 Å². The predicted octanol–water partition coefficient (Wildman–Crippen LogP) is 3.01. The molecular formula is C19H22N2O2S2. The smallest absolute Gasteiger partial charge is 0.232 e. The first-order chi connectivity index (χ1) is 12.2. The summed E-state index contributed by atoms with van der Waals surface area (Å²) in [6.07, 6.45) is 0. The Hall–Kier alpha value is -1.63. The van der Waals surface area contributed by atoms with Crippen molar-refractivity contribution in [2.75, 3.05) is 38.5 Å². The minimum absolute atomic E-state index is 0.174. The predicted molar refractivity (Wildman–Crippen MR) is 104 cm³/mol. The van der Waals surface area contributed by atoms with E-state index >= 15 is 0 Å². The lowest BCUT2D eigenvalue weighted by Crippen LogP contribution is -2.50. The van der Waals surface area contributed by atoms with Gasteiger partial charge in [0.2, 0.25) is 5.91 Å². The molecule has 0 saturated carbocycles. The number of piperazine rings is 1. The third-order valence-electron chi connectivity index (χ3n) is 4.23. The largest absolute Gasteiger partial charge is 0.339 e. The summed E-state index contributed by atoms with van der Waals surface area (Å²) in [7, 11) is 0. The molecule has 1 saturated heterocycles. The number of carbonyl (C=O) groups is 2. The third kappa shape index (κ3) is 5.42. The summed E-state index contributed by atoms with van der Waals surface area (Å²) in [5.74, 6) is 1.75. The van der Waals surface area contributed by atoms with Crippen LogP contribution in [0.15, 0.2) is 47.8 Å². The van der Waals surface area contributed by atoms with Crippen LogP contribution in [0.1, 0.15) is 15.2 Å². The molecule has 2 heterocycles. The van der Waals surface area contributed by atoms with Crippen LogP contribution in [0.25, 0.3) is 0 Å². The molecule has 1 aromatic carbocycles. The molecule has 2 aromatic rings. The van der Waals surface area contributed by atoms with Crippen LogP contribution in [0.2, 0.25) is 0 Å². The summed E-state index contributed by atoms with van der Waals surface area (Å²) < 4.78 is 0. The van der Waals surface area contributed by atoms with Crippen molar-refractivity contribution in [3.05, 3.63) is 58.3 Å². The Bertz CT molecular complexity index is 681. The normalized spacial score (nSPS) is 15.3. The molecule has 4 nitrogen and oxygen atoms in total. The number of nitrogens with zero attached hydrogens (tertiary/aromatic N) is 2. The molecule has 3 rings (SSSR count). The third-order valence-corrected chi connectivity index (χ3v) is 6.12. The molecule has 1 aliphatic heterocycles. The Morgan fingerprint density at radius 3 is 2.44 bits per heavy atom. The summed E-state index contributed by atoms with van der Waals surface area (Å²) >= 11 is 3.15. The van der Waals surface area contributed by atoms with Crippen LogP contribution in [-0.2, 0) is 10.5 Å². The fraction of sp³-hybridized carbons (Fsp3) is 0.368. The first kappa shape index (κ1) is 18.2. The van der Waals surface area contributed by atoms with Crippen molar-refractivity contribution in [3.63, 3.8) is 0 Å². The van der Waals surface area contributed by atoms with E-state index in [1.165, 1.54) is 16.9 Å². The molecule has 0 unspecified atom stereocenters. The van der Waals surface area contributed by atoms with Crippen LogP contribution in [0.4, 0.5) is 0 Å². The first-order valence-corrected chi connectivity index (χ1v) is 10.4. The van der Waals surface area contributed by atoms with E-state index in [9.17, 15) is 9.59 Å². The van der Waals surface area contributed by atoms with Crippen LogP contribution in [0.5, 0.6) is 0 Å². The first-order valence-electron chi connectivity index (χ1n) is 8.41. The van der Waals surface area contributed by atoms with E-state index in [1.54, 1.807) is 11.8 Å². The van der Waals surface area contributed by atoms with Crippen molar-refractivity contribution in [2.24, 2.45) is 0 Å². The van der Waals surface area contributed by atoms with Crippen LogP contribution >= 0.6 is 23.1 Å². The summed E-state index contributed by atoms with van der Waals surface area (Å²) in [5, 5.41) is 1.93. The molecule has 1 aliphatic rings. The molecule has 25 heavy (non-hydrogen) atoms. The lowest BCUT2D eigenvalue weighted by atomic mass is 10.2. The standard InChI is InChI=1S/C19H22N2O2S2/c22-17(18-7-4-12-25-18)13-20-8-10-21(11-9-20)19(23)15-24-14-16-5-2-1-3-6-16/h1-7,12H,8-11,13-15H2. The van der Waals surface area contributed by atoms with Gasteiger partial charge in [-0.05, 0) is 17.0 Å². The summed E-state index contributed by atoms with van der Waals surface area (Å²) in [6.45, 7) is 3.41. The molecule has 0 N–H and O–H groups in total. The van der Waals surface area contributed by atoms with Gasteiger partial charge in [0.1, 0.15) is 0 Å². The minimum Gasteiger partial charge on any atom is -0.339 e. The quantitative estimate of drug-likeness (QED) is 0.699. The highest BCUT2D eigenvalue weighted by molar-refractivity contribution is 7.99. The number of Topliss-reactive ketones (excluding diaryl/α,β-unsaturated/α-hetero) is 1. The van der Waals surface area contributed by atoms with E-state index in [0.717, 1.165) is 23.7 Å². The zero-order valence-corrected chi connectivity index (χ0v) is 15.7. The van der Waals surface area contributed by atoms with Gasteiger partial charge in [0.15, 0.2) is 5.78 Å². The van der Waals surface area contributed by atoms with E-state index in [-0.39, 0.29) is 11.7 Å². The molecule has 0 spiro atoms. The molecule has 0 atom stereocenters. The van der Waals surface area contributed by atoms with E-state index in [1.807, 2.05) is 40.6 Å². The SMILES string of the molecule is O=C(CN1CCN(C(=O)CSCc2ccccc2)CC1)c1cccs1. The van der Waals surface area contributed by atoms with E-state index < -0.39 is 0 Å². The van der Waals surface area contributed by atoms with Crippen LogP contribution in [0.3, 0.4) is 0 Å². The zero-order valence-electron chi connectivity index (χ0n) is 14.1. The maximum atomic E-state index is 12.3. The average Bonchev–Trinajstić information content (AvgIpc) is 3.18. The highest BCUT2D eigenvalue weighted by Gasteiger charge is 2.22. The van der Waals surface area contributed by atoms with Gasteiger partial charge in [-0.25, -0.2) is 0 Å². The number of carbonyl (C=O) groups excluding carboxylic acids is 2. The van der Waals surface area contributed by atoms with E-state index in [0.29, 0.717) is 25.4 Å². The molecule has 0 bridgehead atoms. The van der Waals surface area contributed by atoms with Gasteiger partial charge in [-0.1, -0.05) is 36.4 Å². The molecule has 6 heteroatoms. The maximum Gasteiger partial charge on any atom is 0.232 e. The number of thioether (sulfide) groups is 1. The maximum absolute atomic E-state index is 12.3. The second-order valence-corrected chi connectivity index (χ2v) is 7.97. The molecule has 0 aliphatic carbocycles. The number of rotatable bonds is 7. The van der Waals surface area contributed by atoms with E-state index in [2.05, 4.69) is 17.0 Å². The molecule has 132 valence electrons. The Morgan fingerprint density at radius 2 is 1.76 bits per heavy atom. The summed E-state index contributed by atoms with van der Waals surface area (Å²) in [4.78, 5) is 29.4. The zero-order chi connectivity index (χ0) is 17.5.